The smallest absolute Gasteiger partial charge is 0.205 e. The molecule has 0 spiro atoms. The van der Waals surface area contributed by atoms with E-state index >= 15 is 0 Å². The third kappa shape index (κ3) is 2.94. The summed E-state index contributed by atoms with van der Waals surface area (Å²) < 4.78 is 25.0. The van der Waals surface area contributed by atoms with Gasteiger partial charge < -0.3 is 0 Å². The van der Waals surface area contributed by atoms with Crippen molar-refractivity contribution < 1.29 is 8.78 Å². The molecule has 0 radical (unpaired) electrons. The van der Waals surface area contributed by atoms with Gasteiger partial charge >= 0.3 is 0 Å². The Morgan fingerprint density at radius 1 is 0.833 bits per heavy atom. The maximum absolute atomic E-state index is 12.5. The summed E-state index contributed by atoms with van der Waals surface area (Å²) in [5.41, 5.74) is 1.20. The Morgan fingerprint density at radius 2 is 1.44 bits per heavy atom. The lowest BCUT2D eigenvalue weighted by molar-refractivity contribution is 0.151. The Morgan fingerprint density at radius 3 is 1.94 bits per heavy atom. The van der Waals surface area contributed by atoms with Crippen molar-refractivity contribution in [3.05, 3.63) is 57.0 Å². The van der Waals surface area contributed by atoms with Crippen LogP contribution in [-0.4, -0.2) is 0 Å². The fraction of sp³-hybridized carbons (Fsp3) is 0.0769. The first kappa shape index (κ1) is 13.6. The van der Waals surface area contributed by atoms with Gasteiger partial charge in [0.25, 0.3) is 6.43 Å². The van der Waals surface area contributed by atoms with Crippen molar-refractivity contribution in [2.75, 3.05) is 0 Å². The summed E-state index contributed by atoms with van der Waals surface area (Å²) >= 11 is 17.8. The molecule has 0 aliphatic carbocycles. The minimum Gasteiger partial charge on any atom is -0.205 e. The van der Waals surface area contributed by atoms with Crippen LogP contribution in [0.25, 0.3) is 11.1 Å². The van der Waals surface area contributed by atoms with Crippen LogP contribution in [-0.2, 0) is 0 Å². The molecule has 0 heterocycles. The van der Waals surface area contributed by atoms with E-state index in [2.05, 4.69) is 0 Å². The maximum atomic E-state index is 12.5. The third-order valence-corrected chi connectivity index (χ3v) is 3.17. The highest BCUT2D eigenvalue weighted by Crippen LogP contribution is 2.34. The summed E-state index contributed by atoms with van der Waals surface area (Å²) in [5, 5.41) is 1.17. The third-order valence-electron chi connectivity index (χ3n) is 2.42. The number of hydrogen-bond donors (Lipinski definition) is 0. The molecule has 0 unspecified atom stereocenters. The monoisotopic (exact) mass is 306 g/mol. The van der Waals surface area contributed by atoms with Gasteiger partial charge in [-0.25, -0.2) is 8.78 Å². The van der Waals surface area contributed by atoms with Crippen molar-refractivity contribution >= 4 is 34.8 Å². The van der Waals surface area contributed by atoms with Crippen LogP contribution < -0.4 is 0 Å². The molecule has 0 saturated heterocycles. The van der Waals surface area contributed by atoms with Crippen LogP contribution in [0.3, 0.4) is 0 Å². The lowest BCUT2D eigenvalue weighted by Crippen LogP contribution is -1.86. The predicted molar refractivity (Wildman–Crippen MR) is 71.9 cm³/mol. The zero-order valence-electron chi connectivity index (χ0n) is 8.93. The second-order valence-electron chi connectivity index (χ2n) is 3.70. The molecule has 0 N–H and O–H groups in total. The summed E-state index contributed by atoms with van der Waals surface area (Å²) in [4.78, 5) is 0. The van der Waals surface area contributed by atoms with Crippen LogP contribution in [0.1, 0.15) is 12.0 Å². The van der Waals surface area contributed by atoms with E-state index in [0.29, 0.717) is 21.2 Å². The van der Waals surface area contributed by atoms with Gasteiger partial charge in [-0.15, -0.1) is 0 Å². The van der Waals surface area contributed by atoms with Crippen molar-refractivity contribution in [1.82, 2.24) is 0 Å². The van der Waals surface area contributed by atoms with Gasteiger partial charge in [0.1, 0.15) is 0 Å². The molecule has 0 aliphatic rings. The van der Waals surface area contributed by atoms with Crippen LogP contribution >= 0.6 is 34.8 Å². The Bertz CT molecular complexity index is 562. The molecule has 94 valence electrons. The average Bonchev–Trinajstić information content (AvgIpc) is 2.27. The highest BCUT2D eigenvalue weighted by atomic mass is 35.5. The summed E-state index contributed by atoms with van der Waals surface area (Å²) in [7, 11) is 0. The van der Waals surface area contributed by atoms with Crippen molar-refractivity contribution in [2.24, 2.45) is 0 Å². The maximum Gasteiger partial charge on any atom is 0.263 e. The molecule has 0 aromatic heterocycles. The van der Waals surface area contributed by atoms with Crippen molar-refractivity contribution in [2.45, 2.75) is 6.43 Å². The van der Waals surface area contributed by atoms with Crippen molar-refractivity contribution in [3.63, 3.8) is 0 Å². The van der Waals surface area contributed by atoms with Gasteiger partial charge in [0.2, 0.25) is 0 Å². The van der Waals surface area contributed by atoms with E-state index in [9.17, 15) is 8.78 Å². The highest BCUT2D eigenvalue weighted by Gasteiger charge is 2.11. The Balaban J connectivity index is 2.51. The van der Waals surface area contributed by atoms with E-state index in [1.165, 1.54) is 18.2 Å². The zero-order valence-corrected chi connectivity index (χ0v) is 11.2. The zero-order chi connectivity index (χ0) is 13.3. The quantitative estimate of drug-likeness (QED) is 0.615. The van der Waals surface area contributed by atoms with Crippen LogP contribution in [0.15, 0.2) is 36.4 Å². The molecule has 0 atom stereocenters. The van der Waals surface area contributed by atoms with E-state index in [4.69, 9.17) is 34.8 Å². The molecule has 2 aromatic carbocycles. The lowest BCUT2D eigenvalue weighted by Gasteiger charge is -2.08. The molecule has 0 fully saturated rings. The molecule has 18 heavy (non-hydrogen) atoms. The fourth-order valence-electron chi connectivity index (χ4n) is 1.61. The molecular weight excluding hydrogens is 300 g/mol. The largest absolute Gasteiger partial charge is 0.263 e. The standard InChI is InChI=1S/C13H7Cl3F2/c14-9-3-8(4-10(15)6-9)11-2-1-7(13(17)18)5-12(11)16/h1-6,13H. The molecule has 0 saturated carbocycles. The van der Waals surface area contributed by atoms with E-state index < -0.39 is 6.43 Å². The Hall–Kier alpha value is -0.830. The van der Waals surface area contributed by atoms with Gasteiger partial charge in [0.05, 0.1) is 0 Å². The van der Waals surface area contributed by atoms with Gasteiger partial charge in [0, 0.05) is 26.2 Å². The van der Waals surface area contributed by atoms with E-state index in [1.807, 2.05) is 0 Å². The first-order valence-electron chi connectivity index (χ1n) is 5.01. The predicted octanol–water partition coefficient (Wildman–Crippen LogP) is 6.25. The van der Waals surface area contributed by atoms with Gasteiger partial charge in [-0.2, -0.15) is 0 Å². The second-order valence-corrected chi connectivity index (χ2v) is 4.98. The average molecular weight is 308 g/mol. The molecule has 2 rings (SSSR count). The first-order valence-corrected chi connectivity index (χ1v) is 6.15. The number of halogens is 5. The van der Waals surface area contributed by atoms with Crippen LogP contribution in [0.5, 0.6) is 0 Å². The molecular formula is C13H7Cl3F2. The van der Waals surface area contributed by atoms with Gasteiger partial charge in [-0.1, -0.05) is 46.9 Å². The van der Waals surface area contributed by atoms with Crippen molar-refractivity contribution in [3.8, 4) is 11.1 Å². The number of benzene rings is 2. The first-order chi connectivity index (χ1) is 8.47. The lowest BCUT2D eigenvalue weighted by atomic mass is 10.0. The molecule has 5 heteroatoms. The Labute approximate surface area is 118 Å². The summed E-state index contributed by atoms with van der Waals surface area (Å²) in [6, 6.07) is 9.06. The van der Waals surface area contributed by atoms with Crippen LogP contribution in [0.2, 0.25) is 15.1 Å². The fourth-order valence-corrected chi connectivity index (χ4v) is 2.43. The molecule has 0 bridgehead atoms. The van der Waals surface area contributed by atoms with Gasteiger partial charge in [-0.3, -0.25) is 0 Å². The van der Waals surface area contributed by atoms with E-state index in [0.717, 1.165) is 0 Å². The van der Waals surface area contributed by atoms with Gasteiger partial charge in [0.15, 0.2) is 0 Å². The minimum absolute atomic E-state index is 0.114. The van der Waals surface area contributed by atoms with Crippen LogP contribution in [0, 0.1) is 0 Å². The normalized spacial score (nSPS) is 11.0. The van der Waals surface area contributed by atoms with Gasteiger partial charge in [-0.05, 0) is 29.8 Å². The van der Waals surface area contributed by atoms with E-state index in [-0.39, 0.29) is 10.6 Å². The molecule has 2 aromatic rings. The minimum atomic E-state index is -2.54. The summed E-state index contributed by atoms with van der Waals surface area (Å²) in [5.74, 6) is 0. The summed E-state index contributed by atoms with van der Waals surface area (Å²) in [6.07, 6.45) is -2.54. The summed E-state index contributed by atoms with van der Waals surface area (Å²) in [6.45, 7) is 0. The molecule has 0 aliphatic heterocycles. The molecule has 0 nitrogen and oxygen atoms in total. The highest BCUT2D eigenvalue weighted by molar-refractivity contribution is 6.36. The van der Waals surface area contributed by atoms with E-state index in [1.54, 1.807) is 18.2 Å². The van der Waals surface area contributed by atoms with Crippen LogP contribution in [0.4, 0.5) is 8.78 Å². The number of rotatable bonds is 2. The van der Waals surface area contributed by atoms with Crippen molar-refractivity contribution in [1.29, 1.82) is 0 Å². The SMILES string of the molecule is FC(F)c1ccc(-c2cc(Cl)cc(Cl)c2)c(Cl)c1. The molecule has 0 amide bonds. The number of alkyl halides is 2. The second kappa shape index (κ2) is 5.43. The number of hydrogen-bond acceptors (Lipinski definition) is 0. The topological polar surface area (TPSA) is 0 Å². The Kier molecular flexibility index (Phi) is 4.10.